The van der Waals surface area contributed by atoms with Crippen LogP contribution in [0.4, 0.5) is 8.78 Å². The lowest BCUT2D eigenvalue weighted by atomic mass is 9.76. The molecule has 0 radical (unpaired) electrons. The number of piperidine rings is 1. The van der Waals surface area contributed by atoms with Gasteiger partial charge in [0.15, 0.2) is 0 Å². The van der Waals surface area contributed by atoms with Crippen molar-refractivity contribution in [3.05, 3.63) is 71.3 Å². The van der Waals surface area contributed by atoms with Gasteiger partial charge in [0.25, 0.3) is 0 Å². The molecular weight excluding hydrogens is 440 g/mol. The fraction of sp³-hybridized carbons (Fsp3) is 0.423. The SMILES string of the molecule is CC(C)(NC(=O)Cc1ccc(F)cc1)C(=O)N1C[C@@H](c2ccc(F)cc2)[C@@]2(CCCC(=O)N2)C1. The number of hydrogen-bond donors (Lipinski definition) is 2. The zero-order chi connectivity index (χ0) is 24.5. The third kappa shape index (κ3) is 4.95. The highest BCUT2D eigenvalue weighted by Crippen LogP contribution is 2.42. The largest absolute Gasteiger partial charge is 0.348 e. The maximum atomic E-state index is 13.5. The molecule has 0 aromatic heterocycles. The fourth-order valence-electron chi connectivity index (χ4n) is 5.16. The molecule has 1 spiro atoms. The third-order valence-electron chi connectivity index (χ3n) is 6.78. The molecule has 4 rings (SSSR count). The van der Waals surface area contributed by atoms with Crippen molar-refractivity contribution < 1.29 is 23.2 Å². The van der Waals surface area contributed by atoms with E-state index < -0.39 is 11.1 Å². The van der Waals surface area contributed by atoms with Crippen LogP contribution in [-0.2, 0) is 20.8 Å². The number of likely N-dealkylation sites (tertiary alicyclic amines) is 1. The molecule has 0 bridgehead atoms. The van der Waals surface area contributed by atoms with Gasteiger partial charge in [0, 0.05) is 25.4 Å². The summed E-state index contributed by atoms with van der Waals surface area (Å²) < 4.78 is 26.7. The molecular formula is C26H29F2N3O3. The van der Waals surface area contributed by atoms with Gasteiger partial charge >= 0.3 is 0 Å². The monoisotopic (exact) mass is 469 g/mol. The molecule has 2 aromatic carbocycles. The first kappa shape index (κ1) is 23.9. The molecule has 0 saturated carbocycles. The van der Waals surface area contributed by atoms with E-state index >= 15 is 0 Å². The number of halogens is 2. The van der Waals surface area contributed by atoms with E-state index in [2.05, 4.69) is 10.6 Å². The van der Waals surface area contributed by atoms with Gasteiger partial charge in [-0.2, -0.15) is 0 Å². The molecule has 2 atom stereocenters. The van der Waals surface area contributed by atoms with Crippen molar-refractivity contribution in [2.45, 2.75) is 56.5 Å². The van der Waals surface area contributed by atoms with E-state index in [1.807, 2.05) is 0 Å². The first-order valence-corrected chi connectivity index (χ1v) is 11.5. The van der Waals surface area contributed by atoms with Crippen molar-refractivity contribution in [1.29, 1.82) is 0 Å². The molecule has 34 heavy (non-hydrogen) atoms. The van der Waals surface area contributed by atoms with Crippen molar-refractivity contribution in [1.82, 2.24) is 15.5 Å². The van der Waals surface area contributed by atoms with E-state index in [4.69, 9.17) is 0 Å². The summed E-state index contributed by atoms with van der Waals surface area (Å²) in [6.07, 6.45) is 1.89. The normalized spacial score (nSPS) is 22.5. The second-order valence-electron chi connectivity index (χ2n) is 9.82. The van der Waals surface area contributed by atoms with Gasteiger partial charge in [0.05, 0.1) is 12.0 Å². The summed E-state index contributed by atoms with van der Waals surface area (Å²) in [4.78, 5) is 40.1. The van der Waals surface area contributed by atoms with E-state index in [1.54, 1.807) is 30.9 Å². The van der Waals surface area contributed by atoms with Gasteiger partial charge in [0.2, 0.25) is 17.7 Å². The Morgan fingerprint density at radius 1 is 1.09 bits per heavy atom. The second kappa shape index (κ2) is 9.16. The minimum Gasteiger partial charge on any atom is -0.348 e. The lowest BCUT2D eigenvalue weighted by molar-refractivity contribution is -0.140. The summed E-state index contributed by atoms with van der Waals surface area (Å²) in [5, 5.41) is 5.92. The Morgan fingerprint density at radius 2 is 1.71 bits per heavy atom. The minimum absolute atomic E-state index is 0.0230. The second-order valence-corrected chi connectivity index (χ2v) is 9.82. The molecule has 2 aromatic rings. The highest BCUT2D eigenvalue weighted by Gasteiger charge is 2.52. The van der Waals surface area contributed by atoms with Crippen LogP contribution >= 0.6 is 0 Å². The lowest BCUT2D eigenvalue weighted by Gasteiger charge is -2.39. The summed E-state index contributed by atoms with van der Waals surface area (Å²) in [6, 6.07) is 11.8. The standard InChI is InChI=1S/C26H29F2N3O3/c1-25(2,29-23(33)14-17-5-9-19(27)10-6-17)24(34)31-15-21(18-7-11-20(28)12-8-18)26(16-31)13-3-4-22(32)30-26/h5-12,21H,3-4,13-16H2,1-2H3,(H,29,33)(H,30,32)/t21-,26+/m0/s1. The number of nitrogens with zero attached hydrogens (tertiary/aromatic N) is 1. The summed E-state index contributed by atoms with van der Waals surface area (Å²) >= 11 is 0. The number of rotatable bonds is 5. The summed E-state index contributed by atoms with van der Waals surface area (Å²) in [6.45, 7) is 3.96. The van der Waals surface area contributed by atoms with Gasteiger partial charge in [-0.25, -0.2) is 8.78 Å². The molecule has 6 nitrogen and oxygen atoms in total. The average molecular weight is 470 g/mol. The van der Waals surface area contributed by atoms with Crippen molar-refractivity contribution in [2.24, 2.45) is 0 Å². The zero-order valence-electron chi connectivity index (χ0n) is 19.4. The Kier molecular flexibility index (Phi) is 6.43. The van der Waals surface area contributed by atoms with Crippen molar-refractivity contribution in [2.75, 3.05) is 13.1 Å². The summed E-state index contributed by atoms with van der Waals surface area (Å²) in [5.41, 5.74) is -0.313. The highest BCUT2D eigenvalue weighted by molar-refractivity contribution is 5.92. The molecule has 2 aliphatic rings. The maximum absolute atomic E-state index is 13.5. The molecule has 0 aliphatic carbocycles. The van der Waals surface area contributed by atoms with Crippen LogP contribution in [-0.4, -0.2) is 46.8 Å². The Morgan fingerprint density at radius 3 is 2.32 bits per heavy atom. The van der Waals surface area contributed by atoms with E-state index in [-0.39, 0.29) is 41.7 Å². The van der Waals surface area contributed by atoms with Gasteiger partial charge in [0.1, 0.15) is 17.2 Å². The molecule has 180 valence electrons. The Hall–Kier alpha value is -3.29. The van der Waals surface area contributed by atoms with Gasteiger partial charge in [-0.3, -0.25) is 14.4 Å². The van der Waals surface area contributed by atoms with Gasteiger partial charge < -0.3 is 15.5 Å². The van der Waals surface area contributed by atoms with Crippen LogP contribution in [0, 0.1) is 11.6 Å². The number of benzene rings is 2. The number of carbonyl (C=O) groups excluding carboxylic acids is 3. The zero-order valence-corrected chi connectivity index (χ0v) is 19.4. The molecule has 2 fully saturated rings. The smallest absolute Gasteiger partial charge is 0.247 e. The van der Waals surface area contributed by atoms with Crippen molar-refractivity contribution >= 4 is 17.7 Å². The van der Waals surface area contributed by atoms with E-state index in [0.29, 0.717) is 37.9 Å². The molecule has 0 unspecified atom stereocenters. The number of carbonyl (C=O) groups is 3. The minimum atomic E-state index is -1.19. The molecule has 2 heterocycles. The predicted molar refractivity (Wildman–Crippen MR) is 123 cm³/mol. The molecule has 2 aliphatic heterocycles. The topological polar surface area (TPSA) is 78.5 Å². The van der Waals surface area contributed by atoms with Crippen LogP contribution in [0.2, 0.25) is 0 Å². The summed E-state index contributed by atoms with van der Waals surface area (Å²) in [5.74, 6) is -1.58. The number of hydrogen-bond acceptors (Lipinski definition) is 3. The van der Waals surface area contributed by atoms with Crippen LogP contribution < -0.4 is 10.6 Å². The summed E-state index contributed by atoms with van der Waals surface area (Å²) in [7, 11) is 0. The van der Waals surface area contributed by atoms with Crippen molar-refractivity contribution in [3.8, 4) is 0 Å². The van der Waals surface area contributed by atoms with E-state index in [1.165, 1.54) is 36.4 Å². The van der Waals surface area contributed by atoms with E-state index in [9.17, 15) is 23.2 Å². The molecule has 2 saturated heterocycles. The number of nitrogens with one attached hydrogen (secondary N) is 2. The predicted octanol–water partition coefficient (Wildman–Crippen LogP) is 3.07. The van der Waals surface area contributed by atoms with Crippen molar-refractivity contribution in [3.63, 3.8) is 0 Å². The van der Waals surface area contributed by atoms with Crippen LogP contribution in [0.1, 0.15) is 50.2 Å². The Balaban J connectivity index is 1.51. The molecule has 2 N–H and O–H groups in total. The van der Waals surface area contributed by atoms with Gasteiger partial charge in [-0.05, 0) is 62.1 Å². The average Bonchev–Trinajstić information content (AvgIpc) is 3.12. The fourth-order valence-corrected chi connectivity index (χ4v) is 5.16. The first-order chi connectivity index (χ1) is 16.1. The Labute approximate surface area is 197 Å². The Bertz CT molecular complexity index is 1090. The number of amides is 3. The quantitative estimate of drug-likeness (QED) is 0.707. The van der Waals surface area contributed by atoms with Crippen LogP contribution in [0.3, 0.4) is 0 Å². The van der Waals surface area contributed by atoms with Gasteiger partial charge in [-0.1, -0.05) is 24.3 Å². The van der Waals surface area contributed by atoms with Crippen LogP contribution in [0.15, 0.2) is 48.5 Å². The van der Waals surface area contributed by atoms with Gasteiger partial charge in [-0.15, -0.1) is 0 Å². The molecule has 8 heteroatoms. The first-order valence-electron chi connectivity index (χ1n) is 11.5. The van der Waals surface area contributed by atoms with E-state index in [0.717, 1.165) is 5.56 Å². The van der Waals surface area contributed by atoms with Crippen LogP contribution in [0.25, 0.3) is 0 Å². The van der Waals surface area contributed by atoms with Crippen LogP contribution in [0.5, 0.6) is 0 Å². The highest BCUT2D eigenvalue weighted by atomic mass is 19.1. The third-order valence-corrected chi connectivity index (χ3v) is 6.78. The maximum Gasteiger partial charge on any atom is 0.247 e. The molecule has 3 amide bonds. The lowest BCUT2D eigenvalue weighted by Crippen LogP contribution is -2.59.